The number of nitrogens with zero attached hydrogens (tertiary/aromatic N) is 1. The van der Waals surface area contributed by atoms with E-state index < -0.39 is 0 Å². The molecule has 0 radical (unpaired) electrons. The quantitative estimate of drug-likeness (QED) is 0.872. The van der Waals surface area contributed by atoms with Crippen LogP contribution in [0, 0.1) is 5.82 Å². The number of amides is 1. The molecule has 1 rings (SSSR count). The lowest BCUT2D eigenvalue weighted by molar-refractivity contribution is -0.129. The number of nitrogens with one attached hydrogen (secondary N) is 1. The highest BCUT2D eigenvalue weighted by Crippen LogP contribution is 2.08. The van der Waals surface area contributed by atoms with Crippen molar-refractivity contribution in [1.82, 2.24) is 10.2 Å². The van der Waals surface area contributed by atoms with E-state index in [1.54, 1.807) is 32.3 Å². The molecule has 0 aromatic heterocycles. The number of rotatable bonds is 4. The van der Waals surface area contributed by atoms with Gasteiger partial charge in [0.15, 0.2) is 0 Å². The van der Waals surface area contributed by atoms with E-state index in [-0.39, 0.29) is 30.7 Å². The molecule has 0 unspecified atom stereocenters. The molecule has 1 aromatic carbocycles. The Morgan fingerprint density at radius 2 is 2.06 bits per heavy atom. The molecule has 0 fully saturated rings. The highest BCUT2D eigenvalue weighted by molar-refractivity contribution is 5.85. The first-order valence-corrected chi connectivity index (χ1v) is 4.77. The highest BCUT2D eigenvalue weighted by Gasteiger charge is 2.09. The Labute approximate surface area is 101 Å². The zero-order valence-corrected chi connectivity index (χ0v) is 10.2. The molecule has 0 aliphatic heterocycles. The topological polar surface area (TPSA) is 32.3 Å². The van der Waals surface area contributed by atoms with E-state index in [9.17, 15) is 9.18 Å². The van der Waals surface area contributed by atoms with Gasteiger partial charge in [0.1, 0.15) is 5.82 Å². The molecule has 1 aromatic rings. The predicted molar refractivity (Wildman–Crippen MR) is 64.0 cm³/mol. The van der Waals surface area contributed by atoms with Gasteiger partial charge in [0.2, 0.25) is 5.91 Å². The Morgan fingerprint density at radius 1 is 1.44 bits per heavy atom. The summed E-state index contributed by atoms with van der Waals surface area (Å²) in [6.07, 6.45) is 0. The molecule has 1 amide bonds. The second kappa shape index (κ2) is 7.19. The predicted octanol–water partition coefficient (Wildman–Crippen LogP) is 1.43. The average molecular weight is 247 g/mol. The van der Waals surface area contributed by atoms with Gasteiger partial charge in [0.05, 0.1) is 6.54 Å². The van der Waals surface area contributed by atoms with Crippen molar-refractivity contribution in [2.75, 3.05) is 20.6 Å². The van der Waals surface area contributed by atoms with Gasteiger partial charge in [-0.25, -0.2) is 4.39 Å². The van der Waals surface area contributed by atoms with Crippen molar-refractivity contribution in [2.24, 2.45) is 0 Å². The SMILES string of the molecule is CNCC(=O)N(C)Cc1ccccc1F.Cl. The Bertz CT molecular complexity index is 347. The summed E-state index contributed by atoms with van der Waals surface area (Å²) in [5, 5.41) is 2.76. The molecule has 0 atom stereocenters. The van der Waals surface area contributed by atoms with Gasteiger partial charge in [-0.3, -0.25) is 4.79 Å². The number of halogens is 2. The summed E-state index contributed by atoms with van der Waals surface area (Å²) in [6.45, 7) is 0.568. The van der Waals surface area contributed by atoms with Crippen molar-refractivity contribution >= 4 is 18.3 Å². The van der Waals surface area contributed by atoms with E-state index in [1.807, 2.05) is 0 Å². The van der Waals surface area contributed by atoms with E-state index in [0.717, 1.165) is 0 Å². The summed E-state index contributed by atoms with van der Waals surface area (Å²) < 4.78 is 13.2. The monoisotopic (exact) mass is 246 g/mol. The van der Waals surface area contributed by atoms with E-state index in [4.69, 9.17) is 0 Å². The van der Waals surface area contributed by atoms with Crippen molar-refractivity contribution in [3.63, 3.8) is 0 Å². The molecule has 1 N–H and O–H groups in total. The average Bonchev–Trinajstić information content (AvgIpc) is 2.21. The molecule has 3 nitrogen and oxygen atoms in total. The lowest BCUT2D eigenvalue weighted by atomic mass is 10.2. The van der Waals surface area contributed by atoms with Gasteiger partial charge in [-0.05, 0) is 13.1 Å². The van der Waals surface area contributed by atoms with Gasteiger partial charge in [0.25, 0.3) is 0 Å². The molecule has 5 heteroatoms. The Balaban J connectivity index is 0.00000225. The molecule has 0 aliphatic carbocycles. The van der Waals surface area contributed by atoms with Crippen LogP contribution in [0.1, 0.15) is 5.56 Å². The van der Waals surface area contributed by atoms with E-state index in [2.05, 4.69) is 5.32 Å². The number of carbonyl (C=O) groups excluding carboxylic acids is 1. The molecule has 0 saturated heterocycles. The Morgan fingerprint density at radius 3 is 2.62 bits per heavy atom. The Hall–Kier alpha value is -1.13. The maximum atomic E-state index is 13.2. The van der Waals surface area contributed by atoms with Gasteiger partial charge < -0.3 is 10.2 Å². The van der Waals surface area contributed by atoms with Crippen molar-refractivity contribution < 1.29 is 9.18 Å². The molecular formula is C11H16ClFN2O. The summed E-state index contributed by atoms with van der Waals surface area (Å²) >= 11 is 0. The van der Waals surface area contributed by atoms with Crippen LogP contribution in [0.25, 0.3) is 0 Å². The minimum atomic E-state index is -0.276. The van der Waals surface area contributed by atoms with Crippen LogP contribution >= 0.6 is 12.4 Å². The third-order valence-electron chi connectivity index (χ3n) is 2.12. The molecule has 0 saturated carbocycles. The molecule has 90 valence electrons. The number of carbonyl (C=O) groups is 1. The lowest BCUT2D eigenvalue weighted by Gasteiger charge is -2.17. The first-order chi connectivity index (χ1) is 7.15. The number of likely N-dealkylation sites (N-methyl/N-ethyl adjacent to an activating group) is 2. The molecule has 0 aliphatic rings. The van der Waals surface area contributed by atoms with E-state index >= 15 is 0 Å². The summed E-state index contributed by atoms with van der Waals surface area (Å²) in [6, 6.07) is 6.47. The molecule has 16 heavy (non-hydrogen) atoms. The summed E-state index contributed by atoms with van der Waals surface area (Å²) in [4.78, 5) is 12.9. The fraction of sp³-hybridized carbons (Fsp3) is 0.364. The van der Waals surface area contributed by atoms with E-state index in [0.29, 0.717) is 12.1 Å². The van der Waals surface area contributed by atoms with Crippen LogP contribution in [0.4, 0.5) is 4.39 Å². The van der Waals surface area contributed by atoms with Crippen LogP contribution in [0.2, 0.25) is 0 Å². The zero-order valence-electron chi connectivity index (χ0n) is 9.37. The molecule has 0 heterocycles. The van der Waals surface area contributed by atoms with Crippen LogP contribution in [0.3, 0.4) is 0 Å². The normalized spacial score (nSPS) is 9.44. The van der Waals surface area contributed by atoms with Crippen LogP contribution in [-0.4, -0.2) is 31.4 Å². The van der Waals surface area contributed by atoms with Crippen molar-refractivity contribution in [3.05, 3.63) is 35.6 Å². The molecule has 0 bridgehead atoms. The fourth-order valence-corrected chi connectivity index (χ4v) is 1.26. The standard InChI is InChI=1S/C11H15FN2O.ClH/c1-13-7-11(15)14(2)8-9-5-3-4-6-10(9)12;/h3-6,13H,7-8H2,1-2H3;1H. The summed E-state index contributed by atoms with van der Waals surface area (Å²) in [5.74, 6) is -0.331. The molecular weight excluding hydrogens is 231 g/mol. The van der Waals surface area contributed by atoms with Crippen molar-refractivity contribution in [2.45, 2.75) is 6.54 Å². The second-order valence-corrected chi connectivity index (χ2v) is 3.37. The fourth-order valence-electron chi connectivity index (χ4n) is 1.26. The van der Waals surface area contributed by atoms with Crippen LogP contribution in [0.5, 0.6) is 0 Å². The number of benzene rings is 1. The van der Waals surface area contributed by atoms with Gasteiger partial charge in [-0.2, -0.15) is 0 Å². The maximum Gasteiger partial charge on any atom is 0.236 e. The van der Waals surface area contributed by atoms with Gasteiger partial charge in [-0.1, -0.05) is 18.2 Å². The van der Waals surface area contributed by atoms with Crippen LogP contribution in [0.15, 0.2) is 24.3 Å². The number of hydrogen-bond donors (Lipinski definition) is 1. The smallest absolute Gasteiger partial charge is 0.236 e. The lowest BCUT2D eigenvalue weighted by Crippen LogP contribution is -2.33. The first-order valence-electron chi connectivity index (χ1n) is 4.77. The van der Waals surface area contributed by atoms with Gasteiger partial charge in [-0.15, -0.1) is 12.4 Å². The summed E-state index contributed by atoms with van der Waals surface area (Å²) in [5.41, 5.74) is 0.532. The molecule has 0 spiro atoms. The van der Waals surface area contributed by atoms with Crippen LogP contribution in [-0.2, 0) is 11.3 Å². The third kappa shape index (κ3) is 4.16. The van der Waals surface area contributed by atoms with Crippen molar-refractivity contribution in [1.29, 1.82) is 0 Å². The Kier molecular flexibility index (Phi) is 6.69. The van der Waals surface area contributed by atoms with Crippen molar-refractivity contribution in [3.8, 4) is 0 Å². The van der Waals surface area contributed by atoms with Gasteiger partial charge in [0, 0.05) is 19.2 Å². The van der Waals surface area contributed by atoms with Gasteiger partial charge >= 0.3 is 0 Å². The minimum absolute atomic E-state index is 0. The minimum Gasteiger partial charge on any atom is -0.340 e. The second-order valence-electron chi connectivity index (χ2n) is 3.37. The third-order valence-corrected chi connectivity index (χ3v) is 2.12. The zero-order chi connectivity index (χ0) is 11.3. The number of hydrogen-bond acceptors (Lipinski definition) is 2. The van der Waals surface area contributed by atoms with E-state index in [1.165, 1.54) is 11.0 Å². The maximum absolute atomic E-state index is 13.2. The largest absolute Gasteiger partial charge is 0.340 e. The van der Waals surface area contributed by atoms with Crippen LogP contribution < -0.4 is 5.32 Å². The summed E-state index contributed by atoms with van der Waals surface area (Å²) in [7, 11) is 3.36. The highest BCUT2D eigenvalue weighted by atomic mass is 35.5. The first kappa shape index (κ1) is 14.9.